The Morgan fingerprint density at radius 2 is 2.04 bits per heavy atom. The molecule has 0 radical (unpaired) electrons. The van der Waals surface area contributed by atoms with Crippen molar-refractivity contribution < 1.29 is 17.9 Å². The van der Waals surface area contributed by atoms with Gasteiger partial charge in [0, 0.05) is 51.4 Å². The molecule has 1 aromatic heterocycles. The summed E-state index contributed by atoms with van der Waals surface area (Å²) in [5, 5.41) is 0. The number of anilines is 1. The third kappa shape index (κ3) is 5.32. The van der Waals surface area contributed by atoms with Gasteiger partial charge >= 0.3 is 0 Å². The summed E-state index contributed by atoms with van der Waals surface area (Å²) < 4.78 is 29.3. The maximum Gasteiger partial charge on any atom is 0.228 e. The van der Waals surface area contributed by atoms with Gasteiger partial charge in [-0.05, 0) is 0 Å². The van der Waals surface area contributed by atoms with E-state index in [0.717, 1.165) is 6.26 Å². The lowest BCUT2D eigenvalue weighted by Gasteiger charge is -2.34. The van der Waals surface area contributed by atoms with Crippen molar-refractivity contribution in [3.63, 3.8) is 0 Å². The minimum Gasteiger partial charge on any atom is -0.481 e. The molecule has 1 amide bonds. The maximum absolute atomic E-state index is 12.0. The molecule has 0 aliphatic carbocycles. The summed E-state index contributed by atoms with van der Waals surface area (Å²) in [5.74, 6) is 1.02. The van der Waals surface area contributed by atoms with Gasteiger partial charge in [0.1, 0.15) is 0 Å². The van der Waals surface area contributed by atoms with Crippen molar-refractivity contribution in [2.75, 3.05) is 51.0 Å². The van der Waals surface area contributed by atoms with E-state index >= 15 is 0 Å². The van der Waals surface area contributed by atoms with Crippen LogP contribution in [0.15, 0.2) is 12.3 Å². The monoisotopic (exact) mass is 343 g/mol. The molecule has 128 valence electrons. The number of nitrogens with zero attached hydrogens (tertiary/aromatic N) is 4. The number of aromatic nitrogens is 2. The lowest BCUT2D eigenvalue weighted by atomic mass is 10.3. The van der Waals surface area contributed by atoms with Crippen LogP contribution in [0.5, 0.6) is 5.88 Å². The van der Waals surface area contributed by atoms with Crippen LogP contribution in [0.1, 0.15) is 6.42 Å². The van der Waals surface area contributed by atoms with Crippen LogP contribution in [-0.2, 0) is 14.8 Å². The number of methoxy groups -OCH3 is 1. The summed E-state index contributed by atoms with van der Waals surface area (Å²) in [6, 6.07) is 1.68. The minimum absolute atomic E-state index is 0.0626. The SMILES string of the molecule is COc1ccnc(N2CCN(C(=O)CCNS(C)(=O)=O)CC2)n1. The maximum atomic E-state index is 12.0. The van der Waals surface area contributed by atoms with Crippen molar-refractivity contribution in [1.82, 2.24) is 19.6 Å². The standard InChI is InChI=1S/C13H21N5O4S/c1-22-11-3-5-14-13(16-11)18-9-7-17(8-10-18)12(19)4-6-15-23(2,20)21/h3,5,15H,4,6-10H2,1-2H3. The van der Waals surface area contributed by atoms with E-state index in [1.807, 2.05) is 4.90 Å². The molecule has 2 rings (SSSR count). The van der Waals surface area contributed by atoms with Gasteiger partial charge in [-0.25, -0.2) is 18.1 Å². The Labute approximate surface area is 135 Å². The third-order valence-corrected chi connectivity index (χ3v) is 4.17. The number of carbonyl (C=O) groups excluding carboxylic acids is 1. The molecule has 1 fully saturated rings. The van der Waals surface area contributed by atoms with Gasteiger partial charge < -0.3 is 14.5 Å². The van der Waals surface area contributed by atoms with E-state index in [1.165, 1.54) is 0 Å². The van der Waals surface area contributed by atoms with E-state index in [9.17, 15) is 13.2 Å². The van der Waals surface area contributed by atoms with Crippen molar-refractivity contribution >= 4 is 21.9 Å². The summed E-state index contributed by atoms with van der Waals surface area (Å²) >= 11 is 0. The molecular weight excluding hydrogens is 322 g/mol. The van der Waals surface area contributed by atoms with E-state index in [-0.39, 0.29) is 18.9 Å². The van der Waals surface area contributed by atoms with Crippen LogP contribution in [0.2, 0.25) is 0 Å². The van der Waals surface area contributed by atoms with Gasteiger partial charge in [-0.15, -0.1) is 0 Å². The van der Waals surface area contributed by atoms with Crippen molar-refractivity contribution in [3.05, 3.63) is 12.3 Å². The molecule has 9 nitrogen and oxygen atoms in total. The van der Waals surface area contributed by atoms with Crippen molar-refractivity contribution in [3.8, 4) is 5.88 Å². The van der Waals surface area contributed by atoms with Gasteiger partial charge in [-0.2, -0.15) is 4.98 Å². The largest absolute Gasteiger partial charge is 0.481 e. The Hall–Kier alpha value is -1.94. The van der Waals surface area contributed by atoms with Gasteiger partial charge in [0.2, 0.25) is 27.8 Å². The second-order valence-corrected chi connectivity index (χ2v) is 7.02. The molecule has 1 N–H and O–H groups in total. The van der Waals surface area contributed by atoms with Crippen LogP contribution in [-0.4, -0.2) is 75.3 Å². The first-order valence-electron chi connectivity index (χ1n) is 7.23. The van der Waals surface area contributed by atoms with Gasteiger partial charge in [0.25, 0.3) is 0 Å². The Morgan fingerprint density at radius 1 is 1.35 bits per heavy atom. The zero-order valence-electron chi connectivity index (χ0n) is 13.2. The van der Waals surface area contributed by atoms with Crippen LogP contribution >= 0.6 is 0 Å². The highest BCUT2D eigenvalue weighted by molar-refractivity contribution is 7.88. The van der Waals surface area contributed by atoms with Gasteiger partial charge in [-0.3, -0.25) is 4.79 Å². The third-order valence-electron chi connectivity index (χ3n) is 3.44. The summed E-state index contributed by atoms with van der Waals surface area (Å²) in [5.41, 5.74) is 0. The average Bonchev–Trinajstić information content (AvgIpc) is 2.54. The van der Waals surface area contributed by atoms with E-state index < -0.39 is 10.0 Å². The number of ether oxygens (including phenoxy) is 1. The van der Waals surface area contributed by atoms with Crippen LogP contribution < -0.4 is 14.4 Å². The van der Waals surface area contributed by atoms with E-state index in [0.29, 0.717) is 38.0 Å². The lowest BCUT2D eigenvalue weighted by molar-refractivity contribution is -0.131. The zero-order chi connectivity index (χ0) is 16.9. The van der Waals surface area contributed by atoms with Crippen molar-refractivity contribution in [1.29, 1.82) is 0 Å². The molecule has 0 unspecified atom stereocenters. The first kappa shape index (κ1) is 17.4. The Bertz CT molecular complexity index is 644. The highest BCUT2D eigenvalue weighted by Gasteiger charge is 2.22. The first-order chi connectivity index (χ1) is 10.9. The van der Waals surface area contributed by atoms with Gasteiger partial charge in [0.15, 0.2) is 0 Å². The van der Waals surface area contributed by atoms with E-state index in [2.05, 4.69) is 14.7 Å². The van der Waals surface area contributed by atoms with Crippen molar-refractivity contribution in [2.45, 2.75) is 6.42 Å². The number of hydrogen-bond acceptors (Lipinski definition) is 7. The predicted octanol–water partition coefficient (Wildman–Crippen LogP) is -0.927. The van der Waals surface area contributed by atoms with E-state index in [4.69, 9.17) is 4.74 Å². The smallest absolute Gasteiger partial charge is 0.228 e. The lowest BCUT2D eigenvalue weighted by Crippen LogP contribution is -2.49. The topological polar surface area (TPSA) is 105 Å². The fourth-order valence-electron chi connectivity index (χ4n) is 2.26. The molecule has 0 bridgehead atoms. The van der Waals surface area contributed by atoms with Crippen LogP contribution in [0.4, 0.5) is 5.95 Å². The quantitative estimate of drug-likeness (QED) is 0.712. The summed E-state index contributed by atoms with van der Waals surface area (Å²) in [6.45, 7) is 2.48. The molecule has 10 heteroatoms. The normalized spacial score (nSPS) is 15.6. The molecule has 1 aliphatic heterocycles. The molecule has 2 heterocycles. The van der Waals surface area contributed by atoms with E-state index in [1.54, 1.807) is 24.3 Å². The number of piperazine rings is 1. The Balaban J connectivity index is 1.82. The second kappa shape index (κ2) is 7.55. The summed E-state index contributed by atoms with van der Waals surface area (Å²) in [4.78, 5) is 24.2. The average molecular weight is 343 g/mol. The Morgan fingerprint density at radius 3 is 2.65 bits per heavy atom. The minimum atomic E-state index is -3.26. The van der Waals surface area contributed by atoms with Gasteiger partial charge in [-0.1, -0.05) is 0 Å². The number of amides is 1. The molecular formula is C13H21N5O4S. The zero-order valence-corrected chi connectivity index (χ0v) is 14.0. The fraction of sp³-hybridized carbons (Fsp3) is 0.615. The highest BCUT2D eigenvalue weighted by Crippen LogP contribution is 2.14. The van der Waals surface area contributed by atoms with Crippen LogP contribution in [0.25, 0.3) is 0 Å². The molecule has 1 aromatic rings. The molecule has 1 aliphatic rings. The summed E-state index contributed by atoms with van der Waals surface area (Å²) in [6.07, 6.45) is 2.86. The van der Waals surface area contributed by atoms with Crippen molar-refractivity contribution in [2.24, 2.45) is 0 Å². The number of sulfonamides is 1. The predicted molar refractivity (Wildman–Crippen MR) is 84.8 cm³/mol. The van der Waals surface area contributed by atoms with Crippen LogP contribution in [0, 0.1) is 0 Å². The second-order valence-electron chi connectivity index (χ2n) is 5.18. The van der Waals surface area contributed by atoms with Gasteiger partial charge in [0.05, 0.1) is 13.4 Å². The molecule has 0 atom stereocenters. The number of rotatable bonds is 6. The molecule has 0 aromatic carbocycles. The summed E-state index contributed by atoms with van der Waals surface area (Å²) in [7, 11) is -1.71. The Kier molecular flexibility index (Phi) is 5.72. The number of nitrogens with one attached hydrogen (secondary N) is 1. The fourth-order valence-corrected chi connectivity index (χ4v) is 2.73. The van der Waals surface area contributed by atoms with Crippen LogP contribution in [0.3, 0.4) is 0 Å². The number of hydrogen-bond donors (Lipinski definition) is 1. The first-order valence-corrected chi connectivity index (χ1v) is 9.12. The number of carbonyl (C=O) groups is 1. The molecule has 1 saturated heterocycles. The molecule has 0 spiro atoms. The molecule has 0 saturated carbocycles. The highest BCUT2D eigenvalue weighted by atomic mass is 32.2. The molecule has 23 heavy (non-hydrogen) atoms.